The topological polar surface area (TPSA) is 27.7 Å². The first-order valence-electron chi connectivity index (χ1n) is 9.00. The maximum atomic E-state index is 5.33. The van der Waals surface area contributed by atoms with Crippen molar-refractivity contribution in [2.24, 2.45) is 0 Å². The second kappa shape index (κ2) is 6.99. The monoisotopic (exact) mass is 359 g/mol. The summed E-state index contributed by atoms with van der Waals surface area (Å²) in [7, 11) is 5.08. The molecule has 0 amide bonds. The molecule has 0 spiro atoms. The lowest BCUT2D eigenvalue weighted by molar-refractivity contribution is 0.414. The molecule has 3 aromatic carbocycles. The molecule has 1 saturated carbocycles. The molecule has 27 heavy (non-hydrogen) atoms. The van der Waals surface area contributed by atoms with Gasteiger partial charge in [0.05, 0.1) is 21.3 Å². The molecule has 3 nitrogen and oxygen atoms in total. The summed E-state index contributed by atoms with van der Waals surface area (Å²) in [5.41, 5.74) is 3.65. The Kier molecular flexibility index (Phi) is 4.53. The highest BCUT2D eigenvalue weighted by Crippen LogP contribution is 2.63. The second-order valence-corrected chi connectivity index (χ2v) is 6.74. The molecule has 0 saturated heterocycles. The summed E-state index contributed by atoms with van der Waals surface area (Å²) in [6, 6.07) is 25.1. The van der Waals surface area contributed by atoms with E-state index >= 15 is 0 Å². The first-order chi connectivity index (χ1) is 13.2. The molecule has 137 valence electrons. The number of hydrogen-bond donors (Lipinski definition) is 0. The molecule has 0 bridgehead atoms. The van der Waals surface area contributed by atoms with E-state index in [1.807, 2.05) is 36.4 Å². The minimum atomic E-state index is -0.146. The molecule has 1 unspecified atom stereocenters. The highest BCUT2D eigenvalue weighted by atomic mass is 16.5. The van der Waals surface area contributed by atoms with Crippen LogP contribution < -0.4 is 14.2 Å². The number of benzene rings is 3. The standard InChI is InChI=1S/C24H23O3/c1-25-20-10-4-17(5-11-20)23-16-24(23,18-6-12-21(26-2)13-7-18)19-8-14-22(27-3)15-9-19/h4-16,23H,1-3H3. The highest BCUT2D eigenvalue weighted by Gasteiger charge is 2.57. The molecule has 3 aromatic rings. The van der Waals surface area contributed by atoms with Crippen molar-refractivity contribution in [2.75, 3.05) is 21.3 Å². The first-order valence-corrected chi connectivity index (χ1v) is 9.00. The van der Waals surface area contributed by atoms with Gasteiger partial charge in [-0.2, -0.15) is 0 Å². The molecule has 1 aliphatic carbocycles. The van der Waals surface area contributed by atoms with E-state index in [9.17, 15) is 0 Å². The van der Waals surface area contributed by atoms with Crippen molar-refractivity contribution in [3.05, 3.63) is 95.9 Å². The van der Waals surface area contributed by atoms with Crippen LogP contribution in [0.15, 0.2) is 72.8 Å². The second-order valence-electron chi connectivity index (χ2n) is 6.74. The summed E-state index contributed by atoms with van der Waals surface area (Å²) in [5, 5.41) is 0. The van der Waals surface area contributed by atoms with Crippen LogP contribution in [0, 0.1) is 6.42 Å². The van der Waals surface area contributed by atoms with Crippen molar-refractivity contribution in [3.8, 4) is 17.2 Å². The smallest absolute Gasteiger partial charge is 0.118 e. The van der Waals surface area contributed by atoms with E-state index in [0.29, 0.717) is 5.92 Å². The molecule has 1 atom stereocenters. The van der Waals surface area contributed by atoms with E-state index in [-0.39, 0.29) is 5.41 Å². The Bertz CT molecular complexity index is 848. The lowest BCUT2D eigenvalue weighted by atomic mass is 9.84. The molecule has 0 aliphatic heterocycles. The molecule has 4 rings (SSSR count). The Hall–Kier alpha value is -2.94. The van der Waals surface area contributed by atoms with Gasteiger partial charge in [0.15, 0.2) is 0 Å². The maximum absolute atomic E-state index is 5.33. The van der Waals surface area contributed by atoms with Gasteiger partial charge >= 0.3 is 0 Å². The van der Waals surface area contributed by atoms with Gasteiger partial charge in [0, 0.05) is 11.3 Å². The van der Waals surface area contributed by atoms with Crippen molar-refractivity contribution in [1.29, 1.82) is 0 Å². The minimum absolute atomic E-state index is 0.146. The van der Waals surface area contributed by atoms with Crippen LogP contribution in [0.4, 0.5) is 0 Å². The third-order valence-corrected chi connectivity index (χ3v) is 5.42. The van der Waals surface area contributed by atoms with Crippen molar-refractivity contribution >= 4 is 0 Å². The van der Waals surface area contributed by atoms with Gasteiger partial charge in [-0.05, 0) is 59.5 Å². The zero-order valence-electron chi connectivity index (χ0n) is 15.8. The molecule has 1 aliphatic rings. The predicted molar refractivity (Wildman–Crippen MR) is 107 cm³/mol. The first kappa shape index (κ1) is 17.5. The fraction of sp³-hybridized carbons (Fsp3) is 0.208. The lowest BCUT2D eigenvalue weighted by Crippen LogP contribution is -2.12. The lowest BCUT2D eigenvalue weighted by Gasteiger charge is -2.20. The molecule has 3 heteroatoms. The number of hydrogen-bond acceptors (Lipinski definition) is 3. The average Bonchev–Trinajstić information content (AvgIpc) is 3.51. The summed E-state index contributed by atoms with van der Waals surface area (Å²) in [6.07, 6.45) is 2.40. The number of ether oxygens (including phenoxy) is 3. The van der Waals surface area contributed by atoms with Crippen molar-refractivity contribution < 1.29 is 14.2 Å². The van der Waals surface area contributed by atoms with Crippen LogP contribution >= 0.6 is 0 Å². The largest absolute Gasteiger partial charge is 0.497 e. The van der Waals surface area contributed by atoms with Crippen LogP contribution in [0.2, 0.25) is 0 Å². The fourth-order valence-electron chi connectivity index (χ4n) is 3.84. The van der Waals surface area contributed by atoms with E-state index < -0.39 is 0 Å². The van der Waals surface area contributed by atoms with E-state index in [2.05, 4.69) is 42.8 Å². The van der Waals surface area contributed by atoms with E-state index in [1.165, 1.54) is 16.7 Å². The van der Waals surface area contributed by atoms with Crippen LogP contribution in [0.25, 0.3) is 0 Å². The predicted octanol–water partition coefficient (Wildman–Crippen LogP) is 5.00. The summed E-state index contributed by atoms with van der Waals surface area (Å²) in [4.78, 5) is 0. The van der Waals surface area contributed by atoms with Gasteiger partial charge in [0.1, 0.15) is 17.2 Å². The van der Waals surface area contributed by atoms with Gasteiger partial charge in [0.2, 0.25) is 0 Å². The van der Waals surface area contributed by atoms with Gasteiger partial charge in [-0.25, -0.2) is 0 Å². The average molecular weight is 359 g/mol. The van der Waals surface area contributed by atoms with Gasteiger partial charge in [-0.15, -0.1) is 0 Å². The van der Waals surface area contributed by atoms with Gasteiger partial charge in [-0.3, -0.25) is 0 Å². The summed E-state index contributed by atoms with van der Waals surface area (Å²) >= 11 is 0. The van der Waals surface area contributed by atoms with Gasteiger partial charge in [0.25, 0.3) is 0 Å². The third-order valence-electron chi connectivity index (χ3n) is 5.42. The van der Waals surface area contributed by atoms with Crippen LogP contribution in [0.5, 0.6) is 17.2 Å². The SMILES string of the molecule is COc1ccc(C2[CH]C2(c2ccc(OC)cc2)c2ccc(OC)cc2)cc1. The van der Waals surface area contributed by atoms with E-state index in [1.54, 1.807) is 21.3 Å². The Morgan fingerprint density at radius 2 is 0.926 bits per heavy atom. The van der Waals surface area contributed by atoms with Crippen LogP contribution in [0.1, 0.15) is 22.6 Å². The molecule has 1 fully saturated rings. The zero-order chi connectivity index (χ0) is 18.9. The van der Waals surface area contributed by atoms with Crippen LogP contribution in [0.3, 0.4) is 0 Å². The van der Waals surface area contributed by atoms with E-state index in [0.717, 1.165) is 17.2 Å². The highest BCUT2D eigenvalue weighted by molar-refractivity contribution is 5.61. The molecule has 0 aromatic heterocycles. The van der Waals surface area contributed by atoms with Crippen LogP contribution in [-0.2, 0) is 5.41 Å². The van der Waals surface area contributed by atoms with Gasteiger partial charge in [-0.1, -0.05) is 36.4 Å². The van der Waals surface area contributed by atoms with Crippen molar-refractivity contribution in [3.63, 3.8) is 0 Å². The molecule has 0 heterocycles. The Morgan fingerprint density at radius 1 is 0.556 bits per heavy atom. The maximum Gasteiger partial charge on any atom is 0.118 e. The summed E-state index contributed by atoms with van der Waals surface area (Å²) in [5.74, 6) is 2.92. The number of methoxy groups -OCH3 is 3. The fourth-order valence-corrected chi connectivity index (χ4v) is 3.84. The zero-order valence-corrected chi connectivity index (χ0v) is 15.8. The molecular formula is C24H23O3. The third kappa shape index (κ3) is 3.03. The van der Waals surface area contributed by atoms with Gasteiger partial charge < -0.3 is 14.2 Å². The normalized spacial score (nSPS) is 17.2. The molecule has 0 N–H and O–H groups in total. The minimum Gasteiger partial charge on any atom is -0.497 e. The quantitative estimate of drug-likeness (QED) is 0.620. The Labute approximate surface area is 160 Å². The Morgan fingerprint density at radius 3 is 1.30 bits per heavy atom. The molecule has 1 radical (unpaired) electrons. The summed E-state index contributed by atoms with van der Waals surface area (Å²) in [6.45, 7) is 0. The van der Waals surface area contributed by atoms with Crippen LogP contribution in [-0.4, -0.2) is 21.3 Å². The Balaban J connectivity index is 1.75. The van der Waals surface area contributed by atoms with E-state index in [4.69, 9.17) is 14.2 Å². The van der Waals surface area contributed by atoms with Crippen molar-refractivity contribution in [2.45, 2.75) is 11.3 Å². The number of rotatable bonds is 6. The summed E-state index contributed by atoms with van der Waals surface area (Å²) < 4.78 is 16.0. The molecular weight excluding hydrogens is 336 g/mol. The van der Waals surface area contributed by atoms with Crippen molar-refractivity contribution in [1.82, 2.24) is 0 Å².